The molecule has 3 aromatic carbocycles. The van der Waals surface area contributed by atoms with E-state index in [9.17, 15) is 0 Å². The number of hydrogen-bond donors (Lipinski definition) is 0. The van der Waals surface area contributed by atoms with Crippen LogP contribution >= 0.6 is 0 Å². The summed E-state index contributed by atoms with van der Waals surface area (Å²) in [4.78, 5) is 23.6. The summed E-state index contributed by atoms with van der Waals surface area (Å²) >= 11 is 0. The van der Waals surface area contributed by atoms with E-state index in [4.69, 9.17) is 15.0 Å². The van der Waals surface area contributed by atoms with E-state index in [1.165, 1.54) is 33.3 Å². The van der Waals surface area contributed by atoms with Gasteiger partial charge in [0.15, 0.2) is 17.5 Å². The summed E-state index contributed by atoms with van der Waals surface area (Å²) in [5, 5.41) is 0. The first-order valence-corrected chi connectivity index (χ1v) is 18.1. The van der Waals surface area contributed by atoms with Crippen molar-refractivity contribution in [3.63, 3.8) is 0 Å². The standard InChI is InChI=1S/C43H31B3N8/c1-3-11-32(12-4-1)34-15-7-16-35(27-34)36-20-26-54-44(28-36)52-25-21-37(29-45(52)53-24-10-19-40(46(53)54)33-13-5-2-6-14-33)41-49-42(38-17-8-22-47-30-38)51-43(50-41)39-18-9-23-48-31-39/h1-31H. The monoisotopic (exact) mass is 692 g/mol. The van der Waals surface area contributed by atoms with E-state index in [-0.39, 0.29) is 20.9 Å². The summed E-state index contributed by atoms with van der Waals surface area (Å²) in [6.45, 7) is -0.271. The van der Waals surface area contributed by atoms with E-state index in [0.717, 1.165) is 16.7 Å². The highest BCUT2D eigenvalue weighted by atomic mass is 15.3. The Bertz CT molecular complexity index is 2480. The average Bonchev–Trinajstić information content (AvgIpc) is 3.27. The Kier molecular flexibility index (Phi) is 7.94. The summed E-state index contributed by atoms with van der Waals surface area (Å²) in [6.07, 6.45) is 22.5. The van der Waals surface area contributed by atoms with Gasteiger partial charge in [0.2, 0.25) is 0 Å². The Morgan fingerprint density at radius 1 is 0.444 bits per heavy atom. The molecule has 252 valence electrons. The van der Waals surface area contributed by atoms with Crippen molar-refractivity contribution in [3.05, 3.63) is 206 Å². The van der Waals surface area contributed by atoms with Gasteiger partial charge in [0, 0.05) is 41.5 Å². The molecule has 1 saturated heterocycles. The third-order valence-corrected chi connectivity index (χ3v) is 10.3. The van der Waals surface area contributed by atoms with E-state index < -0.39 is 0 Å². The molecular formula is C43H31B3N8. The van der Waals surface area contributed by atoms with Crippen LogP contribution in [-0.4, -0.2) is 60.0 Å². The largest absolute Gasteiger partial charge is 0.423 e. The molecule has 0 spiro atoms. The van der Waals surface area contributed by atoms with E-state index >= 15 is 0 Å². The first kappa shape index (κ1) is 31.7. The van der Waals surface area contributed by atoms with E-state index in [2.05, 4.69) is 164 Å². The van der Waals surface area contributed by atoms with Crippen LogP contribution in [0.1, 0.15) is 17.0 Å². The van der Waals surface area contributed by atoms with Crippen molar-refractivity contribution in [1.82, 2.24) is 39.1 Å². The van der Waals surface area contributed by atoms with Gasteiger partial charge in [-0.3, -0.25) is 9.97 Å². The molecule has 3 aromatic heterocycles. The molecule has 54 heavy (non-hydrogen) atoms. The number of nitrogens with zero attached hydrogens (tertiary/aromatic N) is 8. The fraction of sp³-hybridized carbons (Fsp3) is 0. The second-order valence-corrected chi connectivity index (χ2v) is 13.5. The molecule has 0 N–H and O–H groups in total. The second kappa shape index (κ2) is 13.5. The van der Waals surface area contributed by atoms with E-state index in [1.807, 2.05) is 24.3 Å². The maximum Gasteiger partial charge on any atom is 0.388 e. The molecule has 0 saturated carbocycles. The van der Waals surface area contributed by atoms with Crippen molar-refractivity contribution >= 4 is 37.6 Å². The highest BCUT2D eigenvalue weighted by Crippen LogP contribution is 2.38. The molecule has 8 nitrogen and oxygen atoms in total. The molecule has 7 heterocycles. The van der Waals surface area contributed by atoms with Crippen LogP contribution in [0.15, 0.2) is 189 Å². The van der Waals surface area contributed by atoms with Gasteiger partial charge in [0.05, 0.1) is 0 Å². The summed E-state index contributed by atoms with van der Waals surface area (Å²) in [5.74, 6) is 6.38. The third kappa shape index (κ3) is 5.76. The molecule has 10 rings (SSSR count). The first-order chi connectivity index (χ1) is 26.8. The fourth-order valence-corrected chi connectivity index (χ4v) is 7.67. The quantitative estimate of drug-likeness (QED) is 0.164. The molecule has 4 aliphatic rings. The molecule has 0 unspecified atom stereocenters. The van der Waals surface area contributed by atoms with Crippen molar-refractivity contribution in [2.24, 2.45) is 0 Å². The number of hydrogen-bond acceptors (Lipinski definition) is 8. The van der Waals surface area contributed by atoms with Crippen LogP contribution in [0, 0.1) is 0 Å². The Hall–Kier alpha value is -7.00. The summed E-state index contributed by atoms with van der Waals surface area (Å²) < 4.78 is 7.29. The van der Waals surface area contributed by atoms with Gasteiger partial charge in [0.25, 0.3) is 0 Å². The second-order valence-electron chi connectivity index (χ2n) is 13.5. The highest BCUT2D eigenvalue weighted by molar-refractivity contribution is 6.97. The van der Waals surface area contributed by atoms with Crippen molar-refractivity contribution in [3.8, 4) is 33.9 Å². The lowest BCUT2D eigenvalue weighted by Crippen LogP contribution is -2.74. The Labute approximate surface area is 315 Å². The molecule has 0 radical (unpaired) electrons. The molecule has 0 bridgehead atoms. The predicted octanol–water partition coefficient (Wildman–Crippen LogP) is 7.80. The zero-order valence-electron chi connectivity index (χ0n) is 29.2. The lowest BCUT2D eigenvalue weighted by molar-refractivity contribution is 0.625. The number of rotatable bonds is 6. The maximum absolute atomic E-state index is 5.02. The van der Waals surface area contributed by atoms with E-state index in [1.54, 1.807) is 24.8 Å². The smallest absolute Gasteiger partial charge is 0.388 e. The fourth-order valence-electron chi connectivity index (χ4n) is 7.67. The van der Waals surface area contributed by atoms with Crippen LogP contribution in [0.3, 0.4) is 0 Å². The molecule has 0 atom stereocenters. The molecule has 11 heteroatoms. The Balaban J connectivity index is 1.08. The maximum atomic E-state index is 5.02. The number of aromatic nitrogens is 5. The number of allylic oxidation sites excluding steroid dienone is 6. The molecule has 0 aliphatic carbocycles. The molecule has 4 aliphatic heterocycles. The minimum absolute atomic E-state index is 0.0624. The van der Waals surface area contributed by atoms with Crippen molar-refractivity contribution in [2.45, 2.75) is 0 Å². The number of pyridine rings is 2. The van der Waals surface area contributed by atoms with Gasteiger partial charge >= 0.3 is 20.9 Å². The predicted molar refractivity (Wildman–Crippen MR) is 219 cm³/mol. The van der Waals surface area contributed by atoms with Crippen LogP contribution in [0.25, 0.3) is 50.5 Å². The minimum atomic E-state index is -0.139. The summed E-state index contributed by atoms with van der Waals surface area (Å²) in [6, 6.07) is 37.8. The summed E-state index contributed by atoms with van der Waals surface area (Å²) in [7, 11) is 0. The summed E-state index contributed by atoms with van der Waals surface area (Å²) in [5.41, 5.74) is 9.75. The van der Waals surface area contributed by atoms with Gasteiger partial charge in [-0.25, -0.2) is 15.0 Å². The zero-order valence-corrected chi connectivity index (χ0v) is 29.2. The van der Waals surface area contributed by atoms with Gasteiger partial charge in [-0.15, -0.1) is 0 Å². The van der Waals surface area contributed by atoms with Gasteiger partial charge in [-0.2, -0.15) is 0 Å². The van der Waals surface area contributed by atoms with Crippen LogP contribution in [0.5, 0.6) is 0 Å². The third-order valence-electron chi connectivity index (χ3n) is 10.3. The average molecular weight is 692 g/mol. The number of fused-ring (bicyclic) bond motifs is 6. The Morgan fingerprint density at radius 2 is 1.00 bits per heavy atom. The normalized spacial score (nSPS) is 15.7. The van der Waals surface area contributed by atoms with Crippen LogP contribution < -0.4 is 0 Å². The van der Waals surface area contributed by atoms with Crippen molar-refractivity contribution in [2.75, 3.05) is 0 Å². The van der Waals surface area contributed by atoms with Crippen LogP contribution in [-0.2, 0) is 0 Å². The van der Waals surface area contributed by atoms with Gasteiger partial charge < -0.3 is 14.2 Å². The van der Waals surface area contributed by atoms with Gasteiger partial charge in [0.1, 0.15) is 0 Å². The molecule has 0 amide bonds. The zero-order chi connectivity index (χ0) is 35.8. The molecular weight excluding hydrogens is 661 g/mol. The van der Waals surface area contributed by atoms with Crippen LogP contribution in [0.4, 0.5) is 0 Å². The van der Waals surface area contributed by atoms with Gasteiger partial charge in [-0.1, -0.05) is 96.9 Å². The molecule has 6 aromatic rings. The van der Waals surface area contributed by atoms with Crippen molar-refractivity contribution in [1.29, 1.82) is 0 Å². The van der Waals surface area contributed by atoms with Crippen LogP contribution in [0.2, 0.25) is 0 Å². The SMILES string of the molecule is C1=CN2B3C=C(c4nc(-c5cccnc5)nc(-c5cccnc5)n4)C=CN3B3C=C(c4cccc(-c5ccccc5)c4)C=CN3B2C(c2ccccc2)=C1. The highest BCUT2D eigenvalue weighted by Gasteiger charge is 2.53. The topological polar surface area (TPSA) is 74.2 Å². The minimum Gasteiger partial charge on any atom is -0.423 e. The lowest BCUT2D eigenvalue weighted by Gasteiger charge is -2.55. The Morgan fingerprint density at radius 3 is 1.69 bits per heavy atom. The van der Waals surface area contributed by atoms with E-state index in [0.29, 0.717) is 17.5 Å². The van der Waals surface area contributed by atoms with Gasteiger partial charge in [-0.05, 0) is 100 Å². The lowest BCUT2D eigenvalue weighted by atomic mass is 9.38. The first-order valence-electron chi connectivity index (χ1n) is 18.1. The number of benzene rings is 3. The molecule has 1 fully saturated rings. The van der Waals surface area contributed by atoms with Crippen molar-refractivity contribution < 1.29 is 0 Å².